The molecular formula is C18H27F3N3O+. The number of anilines is 1. The number of carbonyl (C=O) groups is 1. The molecule has 1 aromatic carbocycles. The van der Waals surface area contributed by atoms with Crippen LogP contribution >= 0.6 is 0 Å². The number of nitrogens with one attached hydrogen (secondary N) is 2. The standard InChI is InChI=1S/C18H26F3N3O/c1-13(2)14(3)22-17(25)12-23-7-9-24(10-8-23)16-6-4-5-15(11-16)18(19,20)21/h4-6,11,13-14H,7-10,12H2,1-3H3,(H,22,25)/p+1/t14-/m1/s1. The number of hydrogen-bond donors (Lipinski definition) is 2. The van der Waals surface area contributed by atoms with Crippen molar-refractivity contribution >= 4 is 11.6 Å². The number of hydrogen-bond acceptors (Lipinski definition) is 2. The van der Waals surface area contributed by atoms with Gasteiger partial charge in [-0.2, -0.15) is 13.2 Å². The Morgan fingerprint density at radius 2 is 1.88 bits per heavy atom. The van der Waals surface area contributed by atoms with E-state index in [-0.39, 0.29) is 11.9 Å². The van der Waals surface area contributed by atoms with Crippen molar-refractivity contribution in [3.8, 4) is 0 Å². The molecule has 4 nitrogen and oxygen atoms in total. The summed E-state index contributed by atoms with van der Waals surface area (Å²) in [5.41, 5.74) is -0.0337. The average molecular weight is 358 g/mol. The lowest BCUT2D eigenvalue weighted by molar-refractivity contribution is -0.892. The number of rotatable bonds is 5. The van der Waals surface area contributed by atoms with Crippen molar-refractivity contribution in [2.75, 3.05) is 37.6 Å². The first-order chi connectivity index (χ1) is 11.7. The van der Waals surface area contributed by atoms with E-state index in [0.29, 0.717) is 31.2 Å². The molecule has 0 aromatic heterocycles. The highest BCUT2D eigenvalue weighted by molar-refractivity contribution is 5.77. The van der Waals surface area contributed by atoms with Gasteiger partial charge in [0.25, 0.3) is 5.91 Å². The maximum absolute atomic E-state index is 12.8. The molecule has 1 aromatic rings. The van der Waals surface area contributed by atoms with E-state index in [1.807, 2.05) is 11.8 Å². The van der Waals surface area contributed by atoms with Crippen molar-refractivity contribution in [3.05, 3.63) is 29.8 Å². The third-order valence-corrected chi connectivity index (χ3v) is 4.81. The van der Waals surface area contributed by atoms with Crippen molar-refractivity contribution in [1.29, 1.82) is 0 Å². The van der Waals surface area contributed by atoms with Gasteiger partial charge in [0.05, 0.1) is 31.7 Å². The Morgan fingerprint density at radius 3 is 2.44 bits per heavy atom. The molecule has 1 atom stereocenters. The van der Waals surface area contributed by atoms with Gasteiger partial charge in [-0.25, -0.2) is 0 Å². The molecule has 2 N–H and O–H groups in total. The van der Waals surface area contributed by atoms with Gasteiger partial charge in [0.15, 0.2) is 6.54 Å². The lowest BCUT2D eigenvalue weighted by Gasteiger charge is -2.33. The molecule has 1 aliphatic heterocycles. The Morgan fingerprint density at radius 1 is 1.24 bits per heavy atom. The Balaban J connectivity index is 1.87. The zero-order valence-corrected chi connectivity index (χ0v) is 15.0. The summed E-state index contributed by atoms with van der Waals surface area (Å²) < 4.78 is 38.5. The molecule has 7 heteroatoms. The number of piperazine rings is 1. The quantitative estimate of drug-likeness (QED) is 0.838. The molecule has 1 heterocycles. The predicted octanol–water partition coefficient (Wildman–Crippen LogP) is 1.57. The Hall–Kier alpha value is -1.76. The molecule has 1 saturated heterocycles. The second kappa shape index (κ2) is 8.08. The predicted molar refractivity (Wildman–Crippen MR) is 91.7 cm³/mol. The normalized spacial score (nSPS) is 17.6. The van der Waals surface area contributed by atoms with Crippen molar-refractivity contribution in [3.63, 3.8) is 0 Å². The average Bonchev–Trinajstić information content (AvgIpc) is 2.54. The molecule has 0 bridgehead atoms. The highest BCUT2D eigenvalue weighted by Crippen LogP contribution is 2.31. The Bertz CT molecular complexity index is 581. The summed E-state index contributed by atoms with van der Waals surface area (Å²) in [4.78, 5) is 15.2. The molecule has 0 saturated carbocycles. The molecule has 25 heavy (non-hydrogen) atoms. The lowest BCUT2D eigenvalue weighted by atomic mass is 10.1. The van der Waals surface area contributed by atoms with Crippen LogP contribution in [0.15, 0.2) is 24.3 Å². The van der Waals surface area contributed by atoms with Crippen molar-refractivity contribution in [2.24, 2.45) is 5.92 Å². The van der Waals surface area contributed by atoms with E-state index in [1.54, 1.807) is 6.07 Å². The SMILES string of the molecule is CC(C)[C@@H](C)NC(=O)C[NH+]1CCN(c2cccc(C(F)(F)F)c2)CC1. The zero-order valence-electron chi connectivity index (χ0n) is 15.0. The molecular weight excluding hydrogens is 331 g/mol. The fourth-order valence-electron chi connectivity index (χ4n) is 2.84. The summed E-state index contributed by atoms with van der Waals surface area (Å²) in [6.45, 7) is 9.28. The van der Waals surface area contributed by atoms with E-state index in [1.165, 1.54) is 12.1 Å². The van der Waals surface area contributed by atoms with Gasteiger partial charge >= 0.3 is 6.18 Å². The van der Waals surface area contributed by atoms with Crippen LogP contribution < -0.4 is 15.1 Å². The van der Waals surface area contributed by atoms with Crippen LogP contribution in [-0.4, -0.2) is 44.7 Å². The number of nitrogens with zero attached hydrogens (tertiary/aromatic N) is 1. The smallest absolute Gasteiger partial charge is 0.360 e. The maximum Gasteiger partial charge on any atom is 0.416 e. The van der Waals surface area contributed by atoms with Crippen molar-refractivity contribution in [2.45, 2.75) is 33.0 Å². The summed E-state index contributed by atoms with van der Waals surface area (Å²) in [7, 11) is 0. The van der Waals surface area contributed by atoms with Crippen LogP contribution in [0.3, 0.4) is 0 Å². The molecule has 1 aliphatic rings. The largest absolute Gasteiger partial charge is 0.416 e. The molecule has 0 radical (unpaired) electrons. The highest BCUT2D eigenvalue weighted by Gasteiger charge is 2.31. The van der Waals surface area contributed by atoms with Crippen LogP contribution in [0.2, 0.25) is 0 Å². The zero-order chi connectivity index (χ0) is 18.6. The number of benzene rings is 1. The molecule has 1 amide bonds. The van der Waals surface area contributed by atoms with Crippen LogP contribution in [0.4, 0.5) is 18.9 Å². The van der Waals surface area contributed by atoms with Gasteiger partial charge in [0.1, 0.15) is 0 Å². The summed E-state index contributed by atoms with van der Waals surface area (Å²) in [6, 6.07) is 5.57. The first kappa shape index (κ1) is 19.6. The third kappa shape index (κ3) is 5.63. The third-order valence-electron chi connectivity index (χ3n) is 4.81. The number of halogens is 3. The summed E-state index contributed by atoms with van der Waals surface area (Å²) in [5, 5.41) is 3.00. The van der Waals surface area contributed by atoms with Gasteiger partial charge in [0, 0.05) is 11.7 Å². The van der Waals surface area contributed by atoms with Crippen molar-refractivity contribution < 1.29 is 22.9 Å². The van der Waals surface area contributed by atoms with Crippen LogP contribution in [0, 0.1) is 5.92 Å². The monoisotopic (exact) mass is 358 g/mol. The number of carbonyl (C=O) groups excluding carboxylic acids is 1. The minimum Gasteiger partial charge on any atom is -0.360 e. The minimum absolute atomic E-state index is 0.0312. The van der Waals surface area contributed by atoms with Crippen LogP contribution in [-0.2, 0) is 11.0 Å². The van der Waals surface area contributed by atoms with Gasteiger partial charge in [-0.05, 0) is 31.0 Å². The Labute approximate surface area is 147 Å². The van der Waals surface area contributed by atoms with Crippen LogP contribution in [0.25, 0.3) is 0 Å². The molecule has 1 fully saturated rings. The molecule has 0 spiro atoms. The van der Waals surface area contributed by atoms with E-state index in [2.05, 4.69) is 19.2 Å². The summed E-state index contributed by atoms with van der Waals surface area (Å²) in [5.74, 6) is 0.417. The fraction of sp³-hybridized carbons (Fsp3) is 0.611. The number of amides is 1. The molecule has 0 unspecified atom stereocenters. The van der Waals surface area contributed by atoms with E-state index in [9.17, 15) is 18.0 Å². The summed E-state index contributed by atoms with van der Waals surface area (Å²) in [6.07, 6.45) is -4.33. The number of alkyl halides is 3. The molecule has 140 valence electrons. The van der Waals surface area contributed by atoms with Gasteiger partial charge < -0.3 is 15.1 Å². The minimum atomic E-state index is -4.33. The molecule has 0 aliphatic carbocycles. The Kier molecular flexibility index (Phi) is 6.32. The van der Waals surface area contributed by atoms with Crippen LogP contribution in [0.1, 0.15) is 26.3 Å². The van der Waals surface area contributed by atoms with Gasteiger partial charge in [-0.3, -0.25) is 4.79 Å². The number of quaternary nitrogens is 1. The first-order valence-corrected chi connectivity index (χ1v) is 8.72. The van der Waals surface area contributed by atoms with Gasteiger partial charge in [-0.15, -0.1) is 0 Å². The van der Waals surface area contributed by atoms with E-state index < -0.39 is 11.7 Å². The van der Waals surface area contributed by atoms with Gasteiger partial charge in [-0.1, -0.05) is 19.9 Å². The second-order valence-electron chi connectivity index (χ2n) is 7.06. The van der Waals surface area contributed by atoms with E-state index >= 15 is 0 Å². The van der Waals surface area contributed by atoms with E-state index in [4.69, 9.17) is 0 Å². The first-order valence-electron chi connectivity index (χ1n) is 8.72. The van der Waals surface area contributed by atoms with E-state index in [0.717, 1.165) is 24.1 Å². The highest BCUT2D eigenvalue weighted by atomic mass is 19.4. The fourth-order valence-corrected chi connectivity index (χ4v) is 2.84. The van der Waals surface area contributed by atoms with Crippen LogP contribution in [0.5, 0.6) is 0 Å². The molecule has 2 rings (SSSR count). The van der Waals surface area contributed by atoms with Gasteiger partial charge in [0.2, 0.25) is 0 Å². The lowest BCUT2D eigenvalue weighted by Crippen LogP contribution is -3.16. The topological polar surface area (TPSA) is 36.8 Å². The van der Waals surface area contributed by atoms with Crippen molar-refractivity contribution in [1.82, 2.24) is 5.32 Å². The summed E-state index contributed by atoms with van der Waals surface area (Å²) >= 11 is 0. The maximum atomic E-state index is 12.8. The second-order valence-corrected chi connectivity index (χ2v) is 7.06.